The fourth-order valence-corrected chi connectivity index (χ4v) is 12.1. The van der Waals surface area contributed by atoms with Gasteiger partial charge in [-0.25, -0.2) is 0 Å². The fraction of sp³-hybridized carbons (Fsp3) is 0.419. The summed E-state index contributed by atoms with van der Waals surface area (Å²) >= 11 is 0. The van der Waals surface area contributed by atoms with Crippen molar-refractivity contribution < 1.29 is 0 Å². The molecule has 0 fully saturated rings. The Bertz CT molecular complexity index is 774. The second-order valence-corrected chi connectivity index (χ2v) is 13.5. The van der Waals surface area contributed by atoms with Gasteiger partial charge >= 0.3 is 0 Å². The maximum atomic E-state index is 2.42. The van der Waals surface area contributed by atoms with Gasteiger partial charge in [-0.05, 0) is 19.3 Å². The summed E-state index contributed by atoms with van der Waals surface area (Å²) in [5.41, 5.74) is 4.48. The van der Waals surface area contributed by atoms with Crippen LogP contribution >= 0.6 is 7.26 Å². The van der Waals surface area contributed by atoms with Gasteiger partial charge in [0.05, 0.1) is 18.5 Å². The second kappa shape index (κ2) is 13.8. The molecule has 0 atom stereocenters. The molecule has 0 spiro atoms. The molecule has 0 aliphatic heterocycles. The average molecular weight is 460 g/mol. The van der Waals surface area contributed by atoms with Crippen molar-refractivity contribution in [1.82, 2.24) is 0 Å². The topological polar surface area (TPSA) is 0 Å². The minimum Gasteiger partial charge on any atom is -0.0652 e. The van der Waals surface area contributed by atoms with Crippen molar-refractivity contribution in [3.63, 3.8) is 0 Å². The number of unbranched alkanes of at least 4 members (excludes halogenated alkanes) is 3. The zero-order valence-corrected chi connectivity index (χ0v) is 21.4. The zero-order valence-electron chi connectivity index (χ0n) is 20.5. The first kappa shape index (κ1) is 27.4. The van der Waals surface area contributed by atoms with Gasteiger partial charge in [-0.1, -0.05) is 139 Å². The van der Waals surface area contributed by atoms with Gasteiger partial charge in [0.2, 0.25) is 0 Å². The van der Waals surface area contributed by atoms with Crippen LogP contribution in [0, 0.1) is 0 Å². The minimum absolute atomic E-state index is 0. The molecule has 0 saturated heterocycles. The van der Waals surface area contributed by atoms with Crippen molar-refractivity contribution in [2.45, 2.75) is 64.5 Å². The Kier molecular flexibility index (Phi) is 11.4. The van der Waals surface area contributed by atoms with Gasteiger partial charge in [0.25, 0.3) is 0 Å². The first-order valence-corrected chi connectivity index (χ1v) is 15.1. The fourth-order valence-electron chi connectivity index (χ4n) is 5.58. The van der Waals surface area contributed by atoms with Crippen LogP contribution in [0.1, 0.15) is 76.0 Å². The van der Waals surface area contributed by atoms with Crippen molar-refractivity contribution in [1.29, 1.82) is 0 Å². The van der Waals surface area contributed by atoms with Gasteiger partial charge in [-0.2, -0.15) is 0 Å². The van der Waals surface area contributed by atoms with Crippen molar-refractivity contribution in [3.8, 4) is 0 Å². The van der Waals surface area contributed by atoms with E-state index in [1.54, 1.807) is 0 Å². The minimum atomic E-state index is -1.45. The van der Waals surface area contributed by atoms with Crippen molar-refractivity contribution in [2.75, 3.05) is 18.5 Å². The molecule has 0 heterocycles. The predicted molar refractivity (Wildman–Crippen MR) is 157 cm³/mol. The maximum absolute atomic E-state index is 2.42. The molecular weight excluding hydrogens is 414 g/mol. The molecule has 0 bridgehead atoms. The molecule has 0 radical (unpaired) electrons. The van der Waals surface area contributed by atoms with Crippen molar-refractivity contribution in [2.24, 2.45) is 0 Å². The standard InChI is InChI=1S/C31H42P.BH4/c1-4-7-25-32(26-8-5-2,27-9-6-3)31(28-19-13-10-14-20-28,29-21-15-11-16-22-29)30-23-17-12-18-24-30;/h10-24H,4-9,25-27H2,1-3H3;1H4/q+1;-1. The van der Waals surface area contributed by atoms with Crippen LogP contribution in [0.4, 0.5) is 0 Å². The van der Waals surface area contributed by atoms with Crippen molar-refractivity contribution in [3.05, 3.63) is 108 Å². The largest absolute Gasteiger partial charge is 0.154 e. The smallest absolute Gasteiger partial charge is 0.0652 e. The number of rotatable bonds is 13. The first-order valence-electron chi connectivity index (χ1n) is 12.8. The highest BCUT2D eigenvalue weighted by atomic mass is 31.2. The molecule has 0 saturated carbocycles. The third kappa shape index (κ3) is 5.81. The molecule has 3 aromatic rings. The molecule has 3 rings (SSSR count). The van der Waals surface area contributed by atoms with Crippen LogP contribution in [0.3, 0.4) is 0 Å². The van der Waals surface area contributed by atoms with E-state index in [1.807, 2.05) is 0 Å². The van der Waals surface area contributed by atoms with E-state index in [1.165, 1.54) is 73.7 Å². The first-order chi connectivity index (χ1) is 15.7. The summed E-state index contributed by atoms with van der Waals surface area (Å²) < 4.78 is 0. The molecular formula is C31H46BP. The monoisotopic (exact) mass is 460 g/mol. The molecule has 0 unspecified atom stereocenters. The molecule has 0 aliphatic rings. The van der Waals surface area contributed by atoms with E-state index >= 15 is 0 Å². The summed E-state index contributed by atoms with van der Waals surface area (Å²) in [6.45, 7) is 7.09. The Morgan fingerprint density at radius 2 is 0.758 bits per heavy atom. The van der Waals surface area contributed by atoms with Crippen LogP contribution in [-0.2, 0) is 5.16 Å². The van der Waals surface area contributed by atoms with E-state index in [0.29, 0.717) is 0 Å². The van der Waals surface area contributed by atoms with E-state index in [4.69, 9.17) is 0 Å². The third-order valence-electron chi connectivity index (χ3n) is 7.11. The summed E-state index contributed by atoms with van der Waals surface area (Å²) in [7, 11) is -1.45. The van der Waals surface area contributed by atoms with E-state index in [9.17, 15) is 0 Å². The van der Waals surface area contributed by atoms with Crippen LogP contribution in [0.15, 0.2) is 91.0 Å². The second-order valence-electron chi connectivity index (χ2n) is 9.19. The highest BCUT2D eigenvalue weighted by Gasteiger charge is 2.59. The zero-order chi connectivity index (χ0) is 22.7. The van der Waals surface area contributed by atoms with Crippen LogP contribution in [0.5, 0.6) is 0 Å². The lowest BCUT2D eigenvalue weighted by molar-refractivity contribution is 0.775. The summed E-state index contributed by atoms with van der Waals surface area (Å²) in [5.74, 6) is 0. The Morgan fingerprint density at radius 3 is 1.00 bits per heavy atom. The van der Waals surface area contributed by atoms with Gasteiger partial charge in [-0.15, -0.1) is 0 Å². The highest BCUT2D eigenvalue weighted by molar-refractivity contribution is 7.77. The molecule has 0 amide bonds. The summed E-state index contributed by atoms with van der Waals surface area (Å²) in [6, 6.07) is 34.5. The Balaban J connectivity index is 0.00000385. The van der Waals surface area contributed by atoms with Gasteiger partial charge in [-0.3, -0.25) is 0 Å². The molecule has 2 heteroatoms. The average Bonchev–Trinajstić information content (AvgIpc) is 2.87. The summed E-state index contributed by atoms with van der Waals surface area (Å²) in [4.78, 5) is 0. The van der Waals surface area contributed by atoms with Gasteiger partial charge in [0.15, 0.2) is 5.16 Å². The number of hydrogen-bond donors (Lipinski definition) is 0. The van der Waals surface area contributed by atoms with Crippen molar-refractivity contribution >= 4 is 15.7 Å². The lowest BCUT2D eigenvalue weighted by atomic mass is 9.84. The molecule has 0 aliphatic carbocycles. The number of hydrogen-bond acceptors (Lipinski definition) is 0. The Morgan fingerprint density at radius 1 is 0.485 bits per heavy atom. The van der Waals surface area contributed by atoms with E-state index in [-0.39, 0.29) is 13.6 Å². The Hall–Kier alpha value is -1.85. The van der Waals surface area contributed by atoms with Crippen LogP contribution < -0.4 is 0 Å². The van der Waals surface area contributed by atoms with Gasteiger partial charge in [0.1, 0.15) is 0 Å². The van der Waals surface area contributed by atoms with Gasteiger partial charge < -0.3 is 0 Å². The normalized spacial score (nSPS) is 11.7. The van der Waals surface area contributed by atoms with E-state index in [2.05, 4.69) is 112 Å². The lowest BCUT2D eigenvalue weighted by Crippen LogP contribution is -2.37. The quantitative estimate of drug-likeness (QED) is 0.138. The molecule has 3 aromatic carbocycles. The molecule has 0 aromatic heterocycles. The van der Waals surface area contributed by atoms with Crippen LogP contribution in [-0.4, -0.2) is 26.9 Å². The molecule has 178 valence electrons. The maximum Gasteiger partial charge on any atom is 0.154 e. The SMILES string of the molecule is CCCC[P+](CCCC)(CCCC)C(c1ccccc1)(c1ccccc1)c1ccccc1.[BH4-]. The van der Waals surface area contributed by atoms with Crippen LogP contribution in [0.25, 0.3) is 0 Å². The third-order valence-corrected chi connectivity index (χ3v) is 12.8. The predicted octanol–water partition coefficient (Wildman–Crippen LogP) is 7.94. The Labute approximate surface area is 206 Å². The molecule has 0 N–H and O–H groups in total. The molecule has 0 nitrogen and oxygen atoms in total. The highest BCUT2D eigenvalue weighted by Crippen LogP contribution is 2.78. The van der Waals surface area contributed by atoms with Gasteiger partial charge in [0, 0.05) is 24.0 Å². The van der Waals surface area contributed by atoms with E-state index < -0.39 is 7.26 Å². The van der Waals surface area contributed by atoms with E-state index in [0.717, 1.165) is 0 Å². The molecule has 33 heavy (non-hydrogen) atoms. The number of benzene rings is 3. The summed E-state index contributed by atoms with van der Waals surface area (Å²) in [5, 5.41) is -0.0453. The lowest BCUT2D eigenvalue weighted by Gasteiger charge is -2.47. The summed E-state index contributed by atoms with van der Waals surface area (Å²) in [6.07, 6.45) is 11.9. The van der Waals surface area contributed by atoms with Crippen LogP contribution in [0.2, 0.25) is 0 Å².